The maximum Gasteiger partial charge on any atom is 0.356 e. The molecule has 1 rings (SSSR count). The van der Waals surface area contributed by atoms with E-state index in [0.29, 0.717) is 0 Å². The predicted molar refractivity (Wildman–Crippen MR) is 50.3 cm³/mol. The first-order valence-electron chi connectivity index (χ1n) is 4.27. The number of rotatable bonds is 4. The molecule has 6 nitrogen and oxygen atoms in total. The summed E-state index contributed by atoms with van der Waals surface area (Å²) in [5.74, 6) is -1.82. The number of hydrogen-bond acceptors (Lipinski definition) is 4. The van der Waals surface area contributed by atoms with Crippen LogP contribution in [0.5, 0.6) is 5.75 Å². The Morgan fingerprint density at radius 3 is 2.67 bits per heavy atom. The zero-order chi connectivity index (χ0) is 11.4. The molecule has 0 spiro atoms. The summed E-state index contributed by atoms with van der Waals surface area (Å²) in [6, 6.07) is 0. The summed E-state index contributed by atoms with van der Waals surface area (Å²) in [5, 5.41) is 8.76. The Kier molecular flexibility index (Phi) is 3.33. The molecule has 0 aliphatic carbocycles. The molecule has 0 aliphatic rings. The molecule has 0 saturated carbocycles. The summed E-state index contributed by atoms with van der Waals surface area (Å²) in [6.07, 6.45) is 1.25. The molecule has 0 radical (unpaired) electrons. The first-order valence-corrected chi connectivity index (χ1v) is 4.27. The van der Waals surface area contributed by atoms with Crippen LogP contribution in [0.4, 0.5) is 0 Å². The van der Waals surface area contributed by atoms with E-state index in [1.807, 2.05) is 0 Å². The number of H-pyrrole nitrogens is 1. The first kappa shape index (κ1) is 11.1. The van der Waals surface area contributed by atoms with Crippen LogP contribution in [0.2, 0.25) is 0 Å². The zero-order valence-electron chi connectivity index (χ0n) is 8.36. The minimum Gasteiger partial charge on any atom is -0.493 e. The number of carbonyl (C=O) groups excluding carboxylic acids is 1. The molecule has 1 heterocycles. The van der Waals surface area contributed by atoms with E-state index >= 15 is 0 Å². The second-order valence-corrected chi connectivity index (χ2v) is 2.64. The average Bonchev–Trinajstić information content (AvgIpc) is 2.61. The van der Waals surface area contributed by atoms with Crippen LogP contribution in [-0.2, 0) is 4.74 Å². The van der Waals surface area contributed by atoms with Gasteiger partial charge < -0.3 is 19.6 Å². The van der Waals surface area contributed by atoms with Crippen molar-refractivity contribution in [2.45, 2.75) is 6.92 Å². The van der Waals surface area contributed by atoms with Gasteiger partial charge in [0.05, 0.1) is 13.7 Å². The molecule has 0 atom stereocenters. The van der Waals surface area contributed by atoms with Crippen molar-refractivity contribution in [2.24, 2.45) is 0 Å². The lowest BCUT2D eigenvalue weighted by Crippen LogP contribution is -2.06. The van der Waals surface area contributed by atoms with E-state index in [1.54, 1.807) is 6.92 Å². The van der Waals surface area contributed by atoms with Crippen molar-refractivity contribution in [2.75, 3.05) is 13.7 Å². The van der Waals surface area contributed by atoms with Crippen molar-refractivity contribution in [3.8, 4) is 5.75 Å². The van der Waals surface area contributed by atoms with Gasteiger partial charge in [0.15, 0.2) is 11.4 Å². The van der Waals surface area contributed by atoms with Crippen LogP contribution >= 0.6 is 0 Å². The van der Waals surface area contributed by atoms with Crippen molar-refractivity contribution >= 4 is 11.9 Å². The number of carboxylic acids is 1. The number of aromatic carboxylic acids is 1. The SMILES string of the molecule is CCOC(=O)c1c[nH]c(C(=O)O)c1OC. The largest absolute Gasteiger partial charge is 0.493 e. The van der Waals surface area contributed by atoms with Crippen LogP contribution in [0.25, 0.3) is 0 Å². The number of nitrogens with one attached hydrogen (secondary N) is 1. The first-order chi connectivity index (χ1) is 7.11. The van der Waals surface area contributed by atoms with E-state index in [9.17, 15) is 9.59 Å². The summed E-state index contributed by atoms with van der Waals surface area (Å²) < 4.78 is 9.56. The van der Waals surface area contributed by atoms with E-state index in [0.717, 1.165) is 0 Å². The Hall–Kier alpha value is -1.98. The van der Waals surface area contributed by atoms with Gasteiger partial charge in [0.2, 0.25) is 0 Å². The Balaban J connectivity index is 3.09. The summed E-state index contributed by atoms with van der Waals surface area (Å²) in [5.41, 5.74) is -0.0858. The van der Waals surface area contributed by atoms with Gasteiger partial charge in [-0.15, -0.1) is 0 Å². The topological polar surface area (TPSA) is 88.6 Å². The van der Waals surface area contributed by atoms with Gasteiger partial charge >= 0.3 is 11.9 Å². The standard InChI is InChI=1S/C9H11NO5/c1-3-15-9(13)5-4-10-6(8(11)12)7(5)14-2/h4,10H,3H2,1-2H3,(H,11,12). The number of aromatic nitrogens is 1. The lowest BCUT2D eigenvalue weighted by atomic mass is 10.3. The monoisotopic (exact) mass is 213 g/mol. The Morgan fingerprint density at radius 2 is 2.20 bits per heavy atom. The van der Waals surface area contributed by atoms with E-state index in [4.69, 9.17) is 14.6 Å². The third-order valence-corrected chi connectivity index (χ3v) is 1.75. The quantitative estimate of drug-likeness (QED) is 0.725. The molecular formula is C9H11NO5. The molecule has 1 aromatic rings. The van der Waals surface area contributed by atoms with Crippen molar-refractivity contribution < 1.29 is 24.2 Å². The minimum absolute atomic E-state index is 0.0130. The Bertz CT molecular complexity index is 382. The van der Waals surface area contributed by atoms with Crippen LogP contribution in [0.15, 0.2) is 6.20 Å². The average molecular weight is 213 g/mol. The minimum atomic E-state index is -1.19. The molecule has 2 N–H and O–H groups in total. The van der Waals surface area contributed by atoms with Crippen LogP contribution in [0.3, 0.4) is 0 Å². The van der Waals surface area contributed by atoms with Crippen LogP contribution in [0.1, 0.15) is 27.8 Å². The Labute approximate surface area is 85.8 Å². The maximum absolute atomic E-state index is 11.3. The lowest BCUT2D eigenvalue weighted by molar-refractivity contribution is 0.0523. The summed E-state index contributed by atoms with van der Waals surface area (Å²) >= 11 is 0. The van der Waals surface area contributed by atoms with Gasteiger partial charge in [0.1, 0.15) is 5.56 Å². The molecule has 1 aromatic heterocycles. The van der Waals surface area contributed by atoms with Gasteiger partial charge in [0.25, 0.3) is 0 Å². The van der Waals surface area contributed by atoms with Crippen molar-refractivity contribution in [3.05, 3.63) is 17.5 Å². The van der Waals surface area contributed by atoms with E-state index in [2.05, 4.69) is 4.98 Å². The highest BCUT2D eigenvalue weighted by Gasteiger charge is 2.22. The molecule has 0 saturated heterocycles. The highest BCUT2D eigenvalue weighted by Crippen LogP contribution is 2.23. The molecule has 0 bridgehead atoms. The highest BCUT2D eigenvalue weighted by molar-refractivity contribution is 5.98. The molecule has 6 heteroatoms. The van der Waals surface area contributed by atoms with Crippen LogP contribution < -0.4 is 4.74 Å². The molecule has 82 valence electrons. The fourth-order valence-electron chi connectivity index (χ4n) is 1.14. The van der Waals surface area contributed by atoms with Gasteiger partial charge in [-0.25, -0.2) is 9.59 Å². The van der Waals surface area contributed by atoms with E-state index < -0.39 is 11.9 Å². The van der Waals surface area contributed by atoms with Crippen LogP contribution in [0, 0.1) is 0 Å². The number of esters is 1. The second kappa shape index (κ2) is 4.50. The molecule has 0 amide bonds. The maximum atomic E-state index is 11.3. The van der Waals surface area contributed by atoms with Gasteiger partial charge in [-0.2, -0.15) is 0 Å². The number of carboxylic acid groups (broad SMARTS) is 1. The van der Waals surface area contributed by atoms with Gasteiger partial charge in [-0.3, -0.25) is 0 Å². The third kappa shape index (κ3) is 2.09. The number of hydrogen-bond donors (Lipinski definition) is 2. The molecule has 0 unspecified atom stereocenters. The Morgan fingerprint density at radius 1 is 1.53 bits per heavy atom. The van der Waals surface area contributed by atoms with Gasteiger partial charge in [-0.05, 0) is 6.92 Å². The molecule has 15 heavy (non-hydrogen) atoms. The molecule has 0 aromatic carbocycles. The summed E-state index contributed by atoms with van der Waals surface area (Å²) in [4.78, 5) is 24.5. The normalized spacial score (nSPS) is 9.73. The molecule has 0 aliphatic heterocycles. The molecule has 0 fully saturated rings. The van der Waals surface area contributed by atoms with Crippen LogP contribution in [-0.4, -0.2) is 35.7 Å². The number of methoxy groups -OCH3 is 1. The van der Waals surface area contributed by atoms with Crippen molar-refractivity contribution in [3.63, 3.8) is 0 Å². The second-order valence-electron chi connectivity index (χ2n) is 2.64. The van der Waals surface area contributed by atoms with E-state index in [-0.39, 0.29) is 23.6 Å². The molecular weight excluding hydrogens is 202 g/mol. The summed E-state index contributed by atoms with van der Waals surface area (Å²) in [7, 11) is 1.29. The van der Waals surface area contributed by atoms with Crippen molar-refractivity contribution in [1.29, 1.82) is 0 Å². The predicted octanol–water partition coefficient (Wildman–Crippen LogP) is 0.898. The highest BCUT2D eigenvalue weighted by atomic mass is 16.5. The fourth-order valence-corrected chi connectivity index (χ4v) is 1.14. The third-order valence-electron chi connectivity index (χ3n) is 1.75. The fraction of sp³-hybridized carbons (Fsp3) is 0.333. The van der Waals surface area contributed by atoms with Gasteiger partial charge in [0, 0.05) is 6.20 Å². The number of aromatic amines is 1. The zero-order valence-corrected chi connectivity index (χ0v) is 8.36. The smallest absolute Gasteiger partial charge is 0.356 e. The van der Waals surface area contributed by atoms with Gasteiger partial charge in [-0.1, -0.05) is 0 Å². The number of carbonyl (C=O) groups is 2. The van der Waals surface area contributed by atoms with E-state index in [1.165, 1.54) is 13.3 Å². The number of ether oxygens (including phenoxy) is 2. The lowest BCUT2D eigenvalue weighted by Gasteiger charge is -2.03. The summed E-state index contributed by atoms with van der Waals surface area (Å²) in [6.45, 7) is 1.88. The van der Waals surface area contributed by atoms with Crippen molar-refractivity contribution in [1.82, 2.24) is 4.98 Å².